The molecule has 2 aromatic rings. The van der Waals surface area contributed by atoms with E-state index in [-0.39, 0.29) is 23.5 Å². The molecule has 2 aliphatic rings. The maximum Gasteiger partial charge on any atom is 0.408 e. The van der Waals surface area contributed by atoms with Crippen LogP contribution in [0.25, 0.3) is 12.8 Å². The molecular weight excluding hydrogens is 535 g/mol. The van der Waals surface area contributed by atoms with Crippen LogP contribution in [0.15, 0.2) is 36.4 Å². The summed E-state index contributed by atoms with van der Waals surface area (Å²) in [5.74, 6) is -3.34. The smallest absolute Gasteiger partial charge is 0.408 e. The molecule has 1 saturated carbocycles. The van der Waals surface area contributed by atoms with Crippen molar-refractivity contribution in [3.05, 3.63) is 63.5 Å². The van der Waals surface area contributed by atoms with Gasteiger partial charge in [-0.15, -0.1) is 0 Å². The van der Waals surface area contributed by atoms with Gasteiger partial charge in [0.25, 0.3) is 11.8 Å². The highest BCUT2D eigenvalue weighted by molar-refractivity contribution is 7.17. The van der Waals surface area contributed by atoms with E-state index in [1.54, 1.807) is 4.90 Å². The van der Waals surface area contributed by atoms with E-state index in [1.165, 1.54) is 39.9 Å². The van der Waals surface area contributed by atoms with Gasteiger partial charge < -0.3 is 24.6 Å². The van der Waals surface area contributed by atoms with E-state index in [0.29, 0.717) is 49.9 Å². The summed E-state index contributed by atoms with van der Waals surface area (Å²) in [7, 11) is 3.30. The fraction of sp³-hybridized carbons (Fsp3) is 0.467. The molecule has 4 rings (SSSR count). The van der Waals surface area contributed by atoms with Crippen molar-refractivity contribution in [3.8, 4) is 5.75 Å². The zero-order valence-corrected chi connectivity index (χ0v) is 24.3. The maximum absolute atomic E-state index is 13.0. The second-order valence-electron chi connectivity index (χ2n) is 10.5. The lowest BCUT2D eigenvalue weighted by Gasteiger charge is -2.41. The van der Waals surface area contributed by atoms with Gasteiger partial charge in [0.1, 0.15) is 5.75 Å². The minimum atomic E-state index is -3.36. The van der Waals surface area contributed by atoms with Crippen LogP contribution in [0.2, 0.25) is 0 Å². The van der Waals surface area contributed by atoms with Crippen LogP contribution in [0.5, 0.6) is 5.75 Å². The Labute approximate surface area is 236 Å². The standard InChI is InChI=1S/C30H38F2N3O4P/c1-4-25-26(28(36)33-14-15-38-23-6-5-7-23)13-8-20(2)27(25)19-34(3)16-21-17-35(18-21)29(37)22-9-11-24(12-10-22)39-30(31,32)40/h8-13,19,21,23H,2,4-7,14-18,40H2,1,3H3,(H,33,36)/b27-19+. The van der Waals surface area contributed by atoms with E-state index in [4.69, 9.17) is 4.74 Å². The normalized spacial score (nSPS) is 16.3. The minimum absolute atomic E-state index is 0.00838. The van der Waals surface area contributed by atoms with E-state index in [2.05, 4.69) is 21.5 Å². The van der Waals surface area contributed by atoms with Crippen LogP contribution in [-0.2, 0) is 11.2 Å². The molecule has 1 atom stereocenters. The predicted octanol–water partition coefficient (Wildman–Crippen LogP) is 3.20. The first-order valence-corrected chi connectivity index (χ1v) is 14.3. The maximum atomic E-state index is 13.0. The monoisotopic (exact) mass is 573 g/mol. The van der Waals surface area contributed by atoms with Crippen molar-refractivity contribution in [2.75, 3.05) is 39.8 Å². The van der Waals surface area contributed by atoms with Gasteiger partial charge in [0.05, 0.1) is 12.7 Å². The molecule has 40 heavy (non-hydrogen) atoms. The van der Waals surface area contributed by atoms with Crippen molar-refractivity contribution in [1.29, 1.82) is 0 Å². The number of carbonyl (C=O) groups is 2. The summed E-state index contributed by atoms with van der Waals surface area (Å²) in [5.41, 5.74) is 2.03. The highest BCUT2D eigenvalue weighted by Gasteiger charge is 2.32. The summed E-state index contributed by atoms with van der Waals surface area (Å²) < 4.78 is 36.2. The average molecular weight is 574 g/mol. The largest absolute Gasteiger partial charge is 0.430 e. The van der Waals surface area contributed by atoms with Crippen molar-refractivity contribution in [1.82, 2.24) is 15.1 Å². The van der Waals surface area contributed by atoms with Crippen molar-refractivity contribution in [2.24, 2.45) is 5.92 Å². The second-order valence-corrected chi connectivity index (χ2v) is 11.2. The van der Waals surface area contributed by atoms with Gasteiger partial charge >= 0.3 is 5.85 Å². The third kappa shape index (κ3) is 7.79. The Morgan fingerprint density at radius 2 is 1.90 bits per heavy atom. The highest BCUT2D eigenvalue weighted by atomic mass is 31.0. The lowest BCUT2D eigenvalue weighted by molar-refractivity contribution is -0.0892. The Morgan fingerprint density at radius 3 is 2.50 bits per heavy atom. The quantitative estimate of drug-likeness (QED) is 0.312. The van der Waals surface area contributed by atoms with Crippen LogP contribution >= 0.6 is 9.24 Å². The highest BCUT2D eigenvalue weighted by Crippen LogP contribution is 2.28. The number of likely N-dealkylation sites (tertiary alicyclic amines) is 1. The summed E-state index contributed by atoms with van der Waals surface area (Å²) in [4.78, 5) is 29.5. The molecule has 1 N–H and O–H groups in total. The molecule has 7 nitrogen and oxygen atoms in total. The topological polar surface area (TPSA) is 71.1 Å². The fourth-order valence-corrected chi connectivity index (χ4v) is 5.16. The van der Waals surface area contributed by atoms with E-state index in [1.807, 2.05) is 32.3 Å². The number of amides is 2. The number of nitrogens with zero attached hydrogens (tertiary/aromatic N) is 2. The number of benzene rings is 2. The van der Waals surface area contributed by atoms with E-state index in [9.17, 15) is 18.4 Å². The van der Waals surface area contributed by atoms with E-state index < -0.39 is 5.85 Å². The lowest BCUT2D eigenvalue weighted by atomic mass is 9.96. The van der Waals surface area contributed by atoms with Gasteiger partial charge in [0.15, 0.2) is 0 Å². The predicted molar refractivity (Wildman–Crippen MR) is 155 cm³/mol. The number of alkyl halides is 2. The molecule has 1 saturated heterocycles. The van der Waals surface area contributed by atoms with E-state index >= 15 is 0 Å². The van der Waals surface area contributed by atoms with Gasteiger partial charge in [0.2, 0.25) is 0 Å². The van der Waals surface area contributed by atoms with Crippen molar-refractivity contribution in [2.45, 2.75) is 44.6 Å². The van der Waals surface area contributed by atoms with Crippen molar-refractivity contribution >= 4 is 33.8 Å². The molecule has 1 aliphatic heterocycles. The summed E-state index contributed by atoms with van der Waals surface area (Å²) in [5, 5.41) is 4.77. The average Bonchev–Trinajstić information content (AvgIpc) is 2.84. The summed E-state index contributed by atoms with van der Waals surface area (Å²) in [6.07, 6.45) is 6.49. The summed E-state index contributed by atoms with van der Waals surface area (Å²) in [6.45, 7) is 9.15. The molecule has 2 aromatic carbocycles. The van der Waals surface area contributed by atoms with E-state index in [0.717, 1.165) is 35.4 Å². The molecule has 0 bridgehead atoms. The first kappa shape index (κ1) is 29.9. The molecule has 10 heteroatoms. The van der Waals surface area contributed by atoms with Gasteiger partial charge in [-0.25, -0.2) is 0 Å². The SMILES string of the molecule is C=c1ccc(C(=O)NCCOC2CCC2)c(CC)/c1=C/N(C)CC1CN(C(=O)c2ccc(OC(F)(F)P)cc2)C1. The van der Waals surface area contributed by atoms with Crippen LogP contribution in [0.3, 0.4) is 0 Å². The van der Waals surface area contributed by atoms with Crippen LogP contribution in [0, 0.1) is 5.92 Å². The summed E-state index contributed by atoms with van der Waals surface area (Å²) in [6, 6.07) is 9.43. The zero-order chi connectivity index (χ0) is 28.9. The molecule has 0 radical (unpaired) electrons. The Hall–Kier alpha value is -3.03. The van der Waals surface area contributed by atoms with Gasteiger partial charge in [0, 0.05) is 61.7 Å². The number of rotatable bonds is 12. The number of ether oxygens (including phenoxy) is 2. The number of hydrogen-bond acceptors (Lipinski definition) is 5. The Balaban J connectivity index is 1.32. The first-order chi connectivity index (χ1) is 19.0. The van der Waals surface area contributed by atoms with Gasteiger partial charge in [-0.3, -0.25) is 9.59 Å². The molecule has 2 amide bonds. The molecule has 1 unspecified atom stereocenters. The third-order valence-corrected chi connectivity index (χ3v) is 7.45. The molecule has 0 spiro atoms. The molecule has 1 heterocycles. The molecule has 0 aromatic heterocycles. The van der Waals surface area contributed by atoms with Crippen LogP contribution in [-0.4, -0.2) is 73.4 Å². The van der Waals surface area contributed by atoms with Crippen LogP contribution < -0.4 is 20.5 Å². The van der Waals surface area contributed by atoms with Gasteiger partial charge in [-0.1, -0.05) is 19.6 Å². The fourth-order valence-electron chi connectivity index (χ4n) is 5.03. The number of nitrogens with one attached hydrogen (secondary N) is 1. The zero-order valence-electron chi connectivity index (χ0n) is 23.1. The van der Waals surface area contributed by atoms with Gasteiger partial charge in [-0.2, -0.15) is 8.78 Å². The third-order valence-electron chi connectivity index (χ3n) is 7.33. The van der Waals surface area contributed by atoms with Gasteiger partial charge in [-0.05, 0) is 76.0 Å². The van der Waals surface area contributed by atoms with Crippen molar-refractivity contribution in [3.63, 3.8) is 0 Å². The molecule has 1 aliphatic carbocycles. The first-order valence-electron chi connectivity index (χ1n) is 13.7. The molecule has 216 valence electrons. The lowest BCUT2D eigenvalue weighted by Crippen LogP contribution is -2.53. The molecular formula is C30H38F2N3O4P. The number of hydrogen-bond donors (Lipinski definition) is 1. The minimum Gasteiger partial charge on any atom is -0.430 e. The number of halogens is 2. The Bertz CT molecular complexity index is 1310. The Morgan fingerprint density at radius 1 is 1.20 bits per heavy atom. The van der Waals surface area contributed by atoms with Crippen LogP contribution in [0.1, 0.15) is 52.5 Å². The van der Waals surface area contributed by atoms with Crippen LogP contribution in [0.4, 0.5) is 8.78 Å². The van der Waals surface area contributed by atoms with Crippen molar-refractivity contribution < 1.29 is 27.8 Å². The second kappa shape index (κ2) is 13.1. The number of carbonyl (C=O) groups excluding carboxylic acids is 2. The summed E-state index contributed by atoms with van der Waals surface area (Å²) >= 11 is 0. The Kier molecular flexibility index (Phi) is 9.80. The molecule has 2 fully saturated rings.